The summed E-state index contributed by atoms with van der Waals surface area (Å²) in [5, 5.41) is 4.08. The molecule has 0 spiro atoms. The van der Waals surface area contributed by atoms with Crippen LogP contribution in [-0.4, -0.2) is 17.1 Å². The fourth-order valence-electron chi connectivity index (χ4n) is 2.40. The molecule has 3 rings (SSSR count). The van der Waals surface area contributed by atoms with Crippen molar-refractivity contribution in [1.29, 1.82) is 0 Å². The van der Waals surface area contributed by atoms with E-state index < -0.39 is 5.91 Å². The molecule has 0 fully saturated rings. The molecular weight excluding hydrogens is 362 g/mol. The molecule has 0 saturated carbocycles. The highest BCUT2D eigenvalue weighted by atomic mass is 35.5. The quantitative estimate of drug-likeness (QED) is 0.392. The third-order valence-corrected chi connectivity index (χ3v) is 4.05. The van der Waals surface area contributed by atoms with Crippen LogP contribution in [0.1, 0.15) is 27.0 Å². The zero-order valence-corrected chi connectivity index (χ0v) is 15.5. The lowest BCUT2D eigenvalue weighted by Crippen LogP contribution is -2.18. The summed E-state index contributed by atoms with van der Waals surface area (Å²) in [5.41, 5.74) is 5.86. The van der Waals surface area contributed by atoms with E-state index in [0.29, 0.717) is 6.61 Å². The maximum atomic E-state index is 12.0. The van der Waals surface area contributed by atoms with E-state index in [9.17, 15) is 4.79 Å². The number of nitrogens with one attached hydrogen (secondary N) is 1. The zero-order valence-electron chi connectivity index (χ0n) is 14.7. The standard InChI is InChI=1S/C21H18ClN3O2/c1-15-4-2-5-17(12-15)14-27-18-9-7-16(8-10-18)13-24-25-21(26)19-6-3-11-23-20(19)22/h2-13H,14H2,1H3,(H,25,26). The smallest absolute Gasteiger partial charge is 0.274 e. The molecule has 6 heteroatoms. The predicted octanol–water partition coefficient (Wildman–Crippen LogP) is 4.39. The summed E-state index contributed by atoms with van der Waals surface area (Å²) in [7, 11) is 0. The minimum atomic E-state index is -0.414. The zero-order chi connectivity index (χ0) is 19.1. The van der Waals surface area contributed by atoms with Gasteiger partial charge in [-0.15, -0.1) is 0 Å². The first-order valence-corrected chi connectivity index (χ1v) is 8.72. The van der Waals surface area contributed by atoms with Gasteiger partial charge in [0.05, 0.1) is 11.8 Å². The number of pyridine rings is 1. The molecule has 27 heavy (non-hydrogen) atoms. The van der Waals surface area contributed by atoms with Crippen LogP contribution >= 0.6 is 11.6 Å². The summed E-state index contributed by atoms with van der Waals surface area (Å²) >= 11 is 5.88. The maximum Gasteiger partial charge on any atom is 0.274 e. The fraction of sp³-hybridized carbons (Fsp3) is 0.0952. The molecule has 1 heterocycles. The highest BCUT2D eigenvalue weighted by Crippen LogP contribution is 2.14. The van der Waals surface area contributed by atoms with Crippen molar-refractivity contribution in [2.45, 2.75) is 13.5 Å². The number of carbonyl (C=O) groups excluding carboxylic acids is 1. The largest absolute Gasteiger partial charge is 0.489 e. The summed E-state index contributed by atoms with van der Waals surface area (Å²) in [6.07, 6.45) is 3.07. The van der Waals surface area contributed by atoms with Crippen LogP contribution in [0.25, 0.3) is 0 Å². The Morgan fingerprint density at radius 1 is 1.19 bits per heavy atom. The number of rotatable bonds is 6. The van der Waals surface area contributed by atoms with Crippen molar-refractivity contribution in [3.05, 3.63) is 94.3 Å². The van der Waals surface area contributed by atoms with Gasteiger partial charge >= 0.3 is 0 Å². The maximum absolute atomic E-state index is 12.0. The minimum Gasteiger partial charge on any atom is -0.489 e. The van der Waals surface area contributed by atoms with Crippen molar-refractivity contribution >= 4 is 23.7 Å². The predicted molar refractivity (Wildman–Crippen MR) is 106 cm³/mol. The molecule has 0 bridgehead atoms. The van der Waals surface area contributed by atoms with Crippen LogP contribution in [0.4, 0.5) is 0 Å². The topological polar surface area (TPSA) is 63.6 Å². The number of hydrogen-bond donors (Lipinski definition) is 1. The molecule has 0 radical (unpaired) electrons. The molecule has 0 saturated heterocycles. The lowest BCUT2D eigenvalue weighted by molar-refractivity contribution is 0.0955. The van der Waals surface area contributed by atoms with Crippen molar-refractivity contribution in [3.8, 4) is 5.75 Å². The Morgan fingerprint density at radius 2 is 2.00 bits per heavy atom. The Morgan fingerprint density at radius 3 is 2.74 bits per heavy atom. The minimum absolute atomic E-state index is 0.139. The molecule has 1 amide bonds. The van der Waals surface area contributed by atoms with Gasteiger partial charge in [-0.3, -0.25) is 4.79 Å². The van der Waals surface area contributed by atoms with Crippen LogP contribution in [0, 0.1) is 6.92 Å². The van der Waals surface area contributed by atoms with Gasteiger partial charge < -0.3 is 4.74 Å². The number of aromatic nitrogens is 1. The van der Waals surface area contributed by atoms with Crippen molar-refractivity contribution in [3.63, 3.8) is 0 Å². The van der Waals surface area contributed by atoms with E-state index in [1.807, 2.05) is 36.4 Å². The number of halogens is 1. The molecule has 5 nitrogen and oxygen atoms in total. The van der Waals surface area contributed by atoms with Gasteiger partial charge in [0.15, 0.2) is 0 Å². The van der Waals surface area contributed by atoms with Crippen LogP contribution in [0.15, 0.2) is 72.0 Å². The number of benzene rings is 2. The molecule has 3 aromatic rings. The third-order valence-electron chi connectivity index (χ3n) is 3.75. The molecule has 136 valence electrons. The number of aryl methyl sites for hydroxylation is 1. The van der Waals surface area contributed by atoms with Gasteiger partial charge in [0.1, 0.15) is 17.5 Å². The Kier molecular flexibility index (Phi) is 6.18. The van der Waals surface area contributed by atoms with Crippen LogP contribution < -0.4 is 10.2 Å². The second-order valence-corrected chi connectivity index (χ2v) is 6.25. The summed E-state index contributed by atoms with van der Waals surface area (Å²) in [6, 6.07) is 18.9. The first-order valence-electron chi connectivity index (χ1n) is 8.34. The second kappa shape index (κ2) is 8.96. The first kappa shape index (κ1) is 18.6. The van der Waals surface area contributed by atoms with E-state index in [-0.39, 0.29) is 10.7 Å². The Hall–Kier alpha value is -3.18. The van der Waals surface area contributed by atoms with Crippen LogP contribution in [0.5, 0.6) is 5.75 Å². The lowest BCUT2D eigenvalue weighted by Gasteiger charge is -2.07. The van der Waals surface area contributed by atoms with Gasteiger partial charge in [-0.2, -0.15) is 5.10 Å². The summed E-state index contributed by atoms with van der Waals surface area (Å²) in [4.78, 5) is 15.8. The van der Waals surface area contributed by atoms with E-state index in [1.165, 1.54) is 11.8 Å². The number of amides is 1. The van der Waals surface area contributed by atoms with Gasteiger partial charge in [0.2, 0.25) is 0 Å². The monoisotopic (exact) mass is 379 g/mol. The normalized spacial score (nSPS) is 10.7. The summed E-state index contributed by atoms with van der Waals surface area (Å²) in [5.74, 6) is 0.349. The van der Waals surface area contributed by atoms with Gasteiger partial charge in [-0.1, -0.05) is 41.4 Å². The van der Waals surface area contributed by atoms with Gasteiger partial charge in [-0.05, 0) is 54.4 Å². The second-order valence-electron chi connectivity index (χ2n) is 5.89. The molecule has 0 aliphatic heterocycles. The van der Waals surface area contributed by atoms with Crippen molar-refractivity contribution < 1.29 is 9.53 Å². The van der Waals surface area contributed by atoms with Crippen LogP contribution in [-0.2, 0) is 6.61 Å². The molecule has 0 aliphatic rings. The van der Waals surface area contributed by atoms with Gasteiger partial charge in [-0.25, -0.2) is 10.4 Å². The Balaban J connectivity index is 1.53. The van der Waals surface area contributed by atoms with Crippen molar-refractivity contribution in [2.24, 2.45) is 5.10 Å². The Bertz CT molecular complexity index is 956. The molecule has 0 aliphatic carbocycles. The molecule has 1 N–H and O–H groups in total. The summed E-state index contributed by atoms with van der Waals surface area (Å²) < 4.78 is 5.78. The van der Waals surface area contributed by atoms with E-state index in [4.69, 9.17) is 16.3 Å². The lowest BCUT2D eigenvalue weighted by atomic mass is 10.1. The third kappa shape index (κ3) is 5.39. The van der Waals surface area contributed by atoms with E-state index in [0.717, 1.165) is 16.9 Å². The van der Waals surface area contributed by atoms with Crippen LogP contribution in [0.3, 0.4) is 0 Å². The number of ether oxygens (including phenoxy) is 1. The van der Waals surface area contributed by atoms with E-state index in [1.54, 1.807) is 18.3 Å². The number of hydrogen-bond acceptors (Lipinski definition) is 4. The number of nitrogens with zero attached hydrogens (tertiary/aromatic N) is 2. The molecule has 0 atom stereocenters. The molecular formula is C21H18ClN3O2. The average molecular weight is 380 g/mol. The fourth-order valence-corrected chi connectivity index (χ4v) is 2.60. The van der Waals surface area contributed by atoms with E-state index in [2.05, 4.69) is 34.6 Å². The number of hydrazone groups is 1. The SMILES string of the molecule is Cc1cccc(COc2ccc(C=NNC(=O)c3cccnc3Cl)cc2)c1. The van der Waals surface area contributed by atoms with Gasteiger partial charge in [0.25, 0.3) is 5.91 Å². The van der Waals surface area contributed by atoms with Crippen molar-refractivity contribution in [1.82, 2.24) is 10.4 Å². The Labute approximate surface area is 162 Å². The highest BCUT2D eigenvalue weighted by molar-refractivity contribution is 6.32. The van der Waals surface area contributed by atoms with Gasteiger partial charge in [0, 0.05) is 6.20 Å². The number of carbonyl (C=O) groups is 1. The molecule has 1 aromatic heterocycles. The van der Waals surface area contributed by atoms with Crippen LogP contribution in [0.2, 0.25) is 5.15 Å². The first-order chi connectivity index (χ1) is 13.1. The molecule has 2 aromatic carbocycles. The van der Waals surface area contributed by atoms with E-state index >= 15 is 0 Å². The van der Waals surface area contributed by atoms with Crippen molar-refractivity contribution in [2.75, 3.05) is 0 Å². The summed E-state index contributed by atoms with van der Waals surface area (Å²) in [6.45, 7) is 2.57. The molecule has 0 unspecified atom stereocenters. The highest BCUT2D eigenvalue weighted by Gasteiger charge is 2.09. The average Bonchev–Trinajstić information content (AvgIpc) is 2.68.